The van der Waals surface area contributed by atoms with Gasteiger partial charge >= 0.3 is 5.97 Å². The summed E-state index contributed by atoms with van der Waals surface area (Å²) in [4.78, 5) is 12.1. The molecular weight excluding hydrogens is 300 g/mol. The van der Waals surface area contributed by atoms with E-state index in [9.17, 15) is 9.90 Å². The Morgan fingerprint density at radius 3 is 2.38 bits per heavy atom. The number of carbonyl (C=O) groups excluding carboxylic acids is 1. The van der Waals surface area contributed by atoms with E-state index < -0.39 is 5.97 Å². The zero-order chi connectivity index (χ0) is 18.5. The van der Waals surface area contributed by atoms with Gasteiger partial charge in [-0.3, -0.25) is 0 Å². The minimum atomic E-state index is -0.475. The third-order valence-corrected chi connectivity index (χ3v) is 5.05. The molecule has 1 rings (SSSR count). The Morgan fingerprint density at radius 1 is 1.25 bits per heavy atom. The second-order valence-corrected chi connectivity index (χ2v) is 7.93. The molecular formula is C21H34O3. The first-order valence-electron chi connectivity index (χ1n) is 9.09. The highest BCUT2D eigenvalue weighted by Crippen LogP contribution is 2.38. The molecule has 0 saturated heterocycles. The average Bonchev–Trinajstić information content (AvgIpc) is 2.52. The number of hydrogen-bond donors (Lipinski definition) is 1. The number of benzene rings is 1. The Morgan fingerprint density at radius 2 is 1.88 bits per heavy atom. The van der Waals surface area contributed by atoms with E-state index in [2.05, 4.69) is 47.6 Å². The molecule has 1 aromatic carbocycles. The summed E-state index contributed by atoms with van der Waals surface area (Å²) < 4.78 is 4.87. The summed E-state index contributed by atoms with van der Waals surface area (Å²) in [7, 11) is 1.35. The molecule has 1 N–H and O–H groups in total. The molecule has 0 heterocycles. The maximum atomic E-state index is 12.1. The summed E-state index contributed by atoms with van der Waals surface area (Å²) in [5.74, 6) is 0.483. The Kier molecular flexibility index (Phi) is 7.31. The van der Waals surface area contributed by atoms with Gasteiger partial charge in [-0.25, -0.2) is 4.79 Å². The van der Waals surface area contributed by atoms with Crippen LogP contribution in [-0.4, -0.2) is 18.2 Å². The largest absolute Gasteiger partial charge is 0.507 e. The van der Waals surface area contributed by atoms with Crippen molar-refractivity contribution in [2.45, 2.75) is 78.6 Å². The highest BCUT2D eigenvalue weighted by Gasteiger charge is 2.26. The van der Waals surface area contributed by atoms with Gasteiger partial charge in [-0.2, -0.15) is 0 Å². The van der Waals surface area contributed by atoms with Crippen molar-refractivity contribution in [1.29, 1.82) is 0 Å². The Balaban J connectivity index is 3.28. The minimum absolute atomic E-state index is 0.0480. The van der Waals surface area contributed by atoms with Crippen molar-refractivity contribution < 1.29 is 14.6 Å². The minimum Gasteiger partial charge on any atom is -0.507 e. The molecule has 3 nitrogen and oxygen atoms in total. The van der Waals surface area contributed by atoms with Gasteiger partial charge in [0.25, 0.3) is 0 Å². The maximum absolute atomic E-state index is 12.1. The van der Waals surface area contributed by atoms with Crippen LogP contribution in [0.15, 0.2) is 12.1 Å². The van der Waals surface area contributed by atoms with Crippen molar-refractivity contribution in [2.75, 3.05) is 7.11 Å². The third kappa shape index (κ3) is 4.99. The Labute approximate surface area is 147 Å². The highest BCUT2D eigenvalue weighted by atomic mass is 16.5. The lowest BCUT2D eigenvalue weighted by Gasteiger charge is -2.28. The Bertz CT molecular complexity index is 558. The predicted molar refractivity (Wildman–Crippen MR) is 99.9 cm³/mol. The van der Waals surface area contributed by atoms with Crippen LogP contribution in [0, 0.1) is 5.92 Å². The fraction of sp³-hybridized carbons (Fsp3) is 0.667. The summed E-state index contributed by atoms with van der Waals surface area (Å²) in [5.41, 5.74) is 2.17. The zero-order valence-electron chi connectivity index (χ0n) is 16.4. The van der Waals surface area contributed by atoms with Gasteiger partial charge in [0, 0.05) is 0 Å². The van der Waals surface area contributed by atoms with Crippen molar-refractivity contribution in [1.82, 2.24) is 0 Å². The molecule has 1 unspecified atom stereocenters. The lowest BCUT2D eigenvalue weighted by Crippen LogP contribution is -2.19. The normalized spacial score (nSPS) is 13.2. The molecule has 0 aromatic heterocycles. The van der Waals surface area contributed by atoms with Crippen LogP contribution in [0.25, 0.3) is 0 Å². The topological polar surface area (TPSA) is 46.5 Å². The van der Waals surface area contributed by atoms with Crippen molar-refractivity contribution in [2.24, 2.45) is 5.92 Å². The number of rotatable bonds is 8. The van der Waals surface area contributed by atoms with Crippen LogP contribution in [0.1, 0.15) is 94.6 Å². The number of phenols is 1. The van der Waals surface area contributed by atoms with E-state index >= 15 is 0 Å². The van der Waals surface area contributed by atoms with Gasteiger partial charge in [0.1, 0.15) is 11.3 Å². The maximum Gasteiger partial charge on any atom is 0.341 e. The van der Waals surface area contributed by atoms with E-state index in [0.29, 0.717) is 5.92 Å². The molecule has 0 amide bonds. The average molecular weight is 335 g/mol. The predicted octanol–water partition coefficient (Wildman–Crippen LogP) is 5.80. The van der Waals surface area contributed by atoms with Crippen LogP contribution in [0.3, 0.4) is 0 Å². The summed E-state index contributed by atoms with van der Waals surface area (Å²) >= 11 is 0. The van der Waals surface area contributed by atoms with Gasteiger partial charge in [-0.15, -0.1) is 0 Å². The quantitative estimate of drug-likeness (QED) is 0.611. The molecule has 0 aliphatic heterocycles. The van der Waals surface area contributed by atoms with Gasteiger partial charge in [0.05, 0.1) is 7.11 Å². The van der Waals surface area contributed by atoms with Crippen molar-refractivity contribution in [3.05, 3.63) is 28.8 Å². The first-order chi connectivity index (χ1) is 11.1. The summed E-state index contributed by atoms with van der Waals surface area (Å²) in [5, 5.41) is 10.5. The molecule has 0 radical (unpaired) electrons. The standard InChI is InChI=1S/C21H34O3/c1-8-15(4)17-12-16(13-18(19(17)22)20(23)24-7)21(5,6)11-9-10-14(2)3/h12-15,22H,8-11H2,1-7H3. The van der Waals surface area contributed by atoms with E-state index in [0.717, 1.165) is 30.4 Å². The molecule has 3 heteroatoms. The summed E-state index contributed by atoms with van der Waals surface area (Å²) in [6.45, 7) is 13.1. The molecule has 0 aliphatic carbocycles. The van der Waals surface area contributed by atoms with Crippen LogP contribution in [-0.2, 0) is 10.2 Å². The molecule has 1 atom stereocenters. The summed E-state index contributed by atoms with van der Waals surface area (Å²) in [6, 6.07) is 3.88. The third-order valence-electron chi connectivity index (χ3n) is 5.05. The highest BCUT2D eigenvalue weighted by molar-refractivity contribution is 5.93. The van der Waals surface area contributed by atoms with E-state index in [4.69, 9.17) is 4.74 Å². The van der Waals surface area contributed by atoms with Gasteiger partial charge in [-0.05, 0) is 47.3 Å². The van der Waals surface area contributed by atoms with Crippen molar-refractivity contribution in [3.8, 4) is 5.75 Å². The second-order valence-electron chi connectivity index (χ2n) is 7.93. The number of esters is 1. The number of aromatic hydroxyl groups is 1. The molecule has 136 valence electrons. The SMILES string of the molecule is CCC(C)c1cc(C(C)(C)CCCC(C)C)cc(C(=O)OC)c1O. The molecule has 0 fully saturated rings. The number of hydrogen-bond acceptors (Lipinski definition) is 3. The number of carbonyl (C=O) groups is 1. The number of methoxy groups -OCH3 is 1. The molecule has 1 aromatic rings. The summed E-state index contributed by atoms with van der Waals surface area (Å²) in [6.07, 6.45) is 4.31. The van der Waals surface area contributed by atoms with Crippen molar-refractivity contribution in [3.63, 3.8) is 0 Å². The van der Waals surface area contributed by atoms with Gasteiger partial charge in [0.2, 0.25) is 0 Å². The first-order valence-corrected chi connectivity index (χ1v) is 9.09. The molecule has 0 bridgehead atoms. The molecule has 0 aliphatic rings. The second kappa shape index (κ2) is 8.55. The van der Waals surface area contributed by atoms with Gasteiger partial charge in [-0.1, -0.05) is 60.5 Å². The molecule has 0 spiro atoms. The van der Waals surface area contributed by atoms with E-state index in [1.54, 1.807) is 0 Å². The lowest BCUT2D eigenvalue weighted by molar-refractivity contribution is 0.0597. The van der Waals surface area contributed by atoms with E-state index in [1.165, 1.54) is 13.5 Å². The number of ether oxygens (including phenoxy) is 1. The van der Waals surface area contributed by atoms with Gasteiger partial charge < -0.3 is 9.84 Å². The van der Waals surface area contributed by atoms with Crippen molar-refractivity contribution >= 4 is 5.97 Å². The molecule has 24 heavy (non-hydrogen) atoms. The fourth-order valence-corrected chi connectivity index (χ4v) is 3.01. The Hall–Kier alpha value is -1.51. The van der Waals surface area contributed by atoms with Crippen LogP contribution >= 0.6 is 0 Å². The molecule has 0 saturated carbocycles. The van der Waals surface area contributed by atoms with Crippen LogP contribution in [0.4, 0.5) is 0 Å². The lowest BCUT2D eigenvalue weighted by atomic mass is 9.77. The number of phenolic OH excluding ortho intramolecular Hbond substituents is 1. The van der Waals surface area contributed by atoms with Crippen LogP contribution < -0.4 is 0 Å². The van der Waals surface area contributed by atoms with E-state index in [-0.39, 0.29) is 22.6 Å². The van der Waals surface area contributed by atoms with Crippen LogP contribution in [0.5, 0.6) is 5.75 Å². The zero-order valence-corrected chi connectivity index (χ0v) is 16.4. The fourth-order valence-electron chi connectivity index (χ4n) is 3.01. The van der Waals surface area contributed by atoms with Gasteiger partial charge in [0.15, 0.2) is 0 Å². The smallest absolute Gasteiger partial charge is 0.341 e. The van der Waals surface area contributed by atoms with E-state index in [1.807, 2.05) is 6.07 Å². The first kappa shape index (κ1) is 20.5. The van der Waals surface area contributed by atoms with Crippen LogP contribution in [0.2, 0.25) is 0 Å². The monoisotopic (exact) mass is 334 g/mol.